The third kappa shape index (κ3) is 3.82. The molecule has 0 amide bonds. The van der Waals surface area contributed by atoms with E-state index in [1.54, 1.807) is 20.1 Å². The standard InChI is InChI=1S/C21H23N3O3S/c1-4-24-20(19(14-22)18-10-9-17(27-3)13-21(18)24)12-15-7-6-8-16(11-15)23-28(25,26)5-2/h6-11,13,23H,4-5,12H2,1-3H3. The topological polar surface area (TPSA) is 84.1 Å². The highest BCUT2D eigenvalue weighted by atomic mass is 32.2. The van der Waals surface area contributed by atoms with E-state index in [0.717, 1.165) is 27.9 Å². The van der Waals surface area contributed by atoms with Crippen LogP contribution in [-0.4, -0.2) is 25.8 Å². The van der Waals surface area contributed by atoms with E-state index in [1.165, 1.54) is 0 Å². The number of rotatable bonds is 7. The van der Waals surface area contributed by atoms with Crippen molar-refractivity contribution < 1.29 is 13.2 Å². The van der Waals surface area contributed by atoms with Gasteiger partial charge in [-0.3, -0.25) is 4.72 Å². The summed E-state index contributed by atoms with van der Waals surface area (Å²) in [6.07, 6.45) is 0.523. The van der Waals surface area contributed by atoms with Crippen molar-refractivity contribution in [3.05, 3.63) is 59.3 Å². The fraction of sp³-hybridized carbons (Fsp3) is 0.286. The van der Waals surface area contributed by atoms with Crippen LogP contribution < -0.4 is 9.46 Å². The molecule has 1 aromatic heterocycles. The van der Waals surface area contributed by atoms with Crippen molar-refractivity contribution in [3.8, 4) is 11.8 Å². The third-order valence-electron chi connectivity index (χ3n) is 4.76. The van der Waals surface area contributed by atoms with E-state index in [2.05, 4.69) is 15.4 Å². The average molecular weight is 398 g/mol. The zero-order valence-electron chi connectivity index (χ0n) is 16.2. The van der Waals surface area contributed by atoms with E-state index in [4.69, 9.17) is 4.74 Å². The first-order valence-electron chi connectivity index (χ1n) is 9.11. The van der Waals surface area contributed by atoms with Crippen LogP contribution >= 0.6 is 0 Å². The Bertz CT molecular complexity index is 1160. The molecule has 0 fully saturated rings. The summed E-state index contributed by atoms with van der Waals surface area (Å²) in [7, 11) is -1.72. The van der Waals surface area contributed by atoms with Crippen molar-refractivity contribution in [2.24, 2.45) is 0 Å². The lowest BCUT2D eigenvalue weighted by molar-refractivity contribution is 0.415. The van der Waals surface area contributed by atoms with E-state index in [-0.39, 0.29) is 5.75 Å². The normalized spacial score (nSPS) is 11.4. The average Bonchev–Trinajstić information content (AvgIpc) is 2.99. The second kappa shape index (κ2) is 7.95. The summed E-state index contributed by atoms with van der Waals surface area (Å²) >= 11 is 0. The molecule has 0 unspecified atom stereocenters. The Morgan fingerprint density at radius 2 is 1.96 bits per heavy atom. The third-order valence-corrected chi connectivity index (χ3v) is 6.07. The summed E-state index contributed by atoms with van der Waals surface area (Å²) in [6.45, 7) is 4.34. The number of anilines is 1. The molecule has 6 nitrogen and oxygen atoms in total. The van der Waals surface area contributed by atoms with Crippen molar-refractivity contribution in [1.82, 2.24) is 4.57 Å². The molecule has 28 heavy (non-hydrogen) atoms. The number of aryl methyl sites for hydroxylation is 1. The number of fused-ring (bicyclic) bond motifs is 1. The number of benzene rings is 2. The zero-order chi connectivity index (χ0) is 20.3. The Morgan fingerprint density at radius 3 is 2.61 bits per heavy atom. The molecule has 0 aliphatic carbocycles. The maximum atomic E-state index is 11.8. The lowest BCUT2D eigenvalue weighted by atomic mass is 10.0. The summed E-state index contributed by atoms with van der Waals surface area (Å²) < 4.78 is 33.7. The van der Waals surface area contributed by atoms with Gasteiger partial charge in [-0.2, -0.15) is 5.26 Å². The fourth-order valence-corrected chi connectivity index (χ4v) is 4.00. The van der Waals surface area contributed by atoms with Gasteiger partial charge in [0.25, 0.3) is 0 Å². The number of aromatic nitrogens is 1. The molecule has 1 heterocycles. The van der Waals surface area contributed by atoms with E-state index in [1.807, 2.05) is 43.3 Å². The van der Waals surface area contributed by atoms with Crippen LogP contribution in [0.4, 0.5) is 5.69 Å². The highest BCUT2D eigenvalue weighted by Gasteiger charge is 2.17. The second-order valence-electron chi connectivity index (χ2n) is 6.44. The van der Waals surface area contributed by atoms with Gasteiger partial charge < -0.3 is 9.30 Å². The van der Waals surface area contributed by atoms with Gasteiger partial charge in [-0.05, 0) is 43.7 Å². The molecule has 0 aliphatic rings. The van der Waals surface area contributed by atoms with Gasteiger partial charge in [-0.25, -0.2) is 8.42 Å². The first kappa shape index (κ1) is 19.8. The highest BCUT2D eigenvalue weighted by Crippen LogP contribution is 2.31. The summed E-state index contributed by atoms with van der Waals surface area (Å²) in [5.41, 5.74) is 3.95. The van der Waals surface area contributed by atoms with Gasteiger partial charge in [-0.15, -0.1) is 0 Å². The second-order valence-corrected chi connectivity index (χ2v) is 8.45. The number of ether oxygens (including phenoxy) is 1. The number of nitriles is 1. The lowest BCUT2D eigenvalue weighted by Gasteiger charge is -2.11. The molecule has 1 N–H and O–H groups in total. The number of hydrogen-bond donors (Lipinski definition) is 1. The molecule has 2 aromatic carbocycles. The Balaban J connectivity index is 2.06. The van der Waals surface area contributed by atoms with Gasteiger partial charge in [0.1, 0.15) is 11.8 Å². The SMILES string of the molecule is CCn1c(Cc2cccc(NS(=O)(=O)CC)c2)c(C#N)c2ccc(OC)cc21. The van der Waals surface area contributed by atoms with Gasteiger partial charge in [0.15, 0.2) is 0 Å². The van der Waals surface area contributed by atoms with Crippen molar-refractivity contribution in [3.63, 3.8) is 0 Å². The zero-order valence-corrected chi connectivity index (χ0v) is 17.0. The molecular formula is C21H23N3O3S. The quantitative estimate of drug-likeness (QED) is 0.655. The van der Waals surface area contributed by atoms with E-state index in [9.17, 15) is 13.7 Å². The van der Waals surface area contributed by atoms with E-state index >= 15 is 0 Å². The lowest BCUT2D eigenvalue weighted by Crippen LogP contribution is -2.14. The molecule has 0 atom stereocenters. The number of sulfonamides is 1. The van der Waals surface area contributed by atoms with Gasteiger partial charge in [0.05, 0.1) is 23.9 Å². The van der Waals surface area contributed by atoms with Crippen molar-refractivity contribution in [2.45, 2.75) is 26.8 Å². The van der Waals surface area contributed by atoms with Crippen molar-refractivity contribution in [1.29, 1.82) is 5.26 Å². The van der Waals surface area contributed by atoms with Crippen molar-refractivity contribution >= 4 is 26.6 Å². The maximum Gasteiger partial charge on any atom is 0.232 e. The molecule has 7 heteroatoms. The van der Waals surface area contributed by atoms with E-state index < -0.39 is 10.0 Å². The van der Waals surface area contributed by atoms with Gasteiger partial charge >= 0.3 is 0 Å². The summed E-state index contributed by atoms with van der Waals surface area (Å²) in [6, 6.07) is 15.3. The summed E-state index contributed by atoms with van der Waals surface area (Å²) in [4.78, 5) is 0. The van der Waals surface area contributed by atoms with Gasteiger partial charge in [0, 0.05) is 35.8 Å². The molecule has 3 aromatic rings. The predicted octanol–water partition coefficient (Wildman–Crippen LogP) is 3.89. The fourth-order valence-electron chi connectivity index (χ4n) is 3.37. The molecule has 0 saturated carbocycles. The van der Waals surface area contributed by atoms with Crippen LogP contribution in [0.25, 0.3) is 10.9 Å². The van der Waals surface area contributed by atoms with Gasteiger partial charge in [0.2, 0.25) is 10.0 Å². The maximum absolute atomic E-state index is 11.8. The highest BCUT2D eigenvalue weighted by molar-refractivity contribution is 7.92. The Labute approximate surface area is 165 Å². The predicted molar refractivity (Wildman–Crippen MR) is 111 cm³/mol. The van der Waals surface area contributed by atoms with E-state index in [0.29, 0.717) is 24.2 Å². The van der Waals surface area contributed by atoms with Crippen LogP contribution in [0.1, 0.15) is 30.7 Å². The minimum atomic E-state index is -3.34. The molecule has 0 saturated heterocycles. The van der Waals surface area contributed by atoms with Crippen LogP contribution in [0.15, 0.2) is 42.5 Å². The molecule has 0 bridgehead atoms. The Kier molecular flexibility index (Phi) is 5.61. The number of nitrogens with one attached hydrogen (secondary N) is 1. The summed E-state index contributed by atoms with van der Waals surface area (Å²) in [5.74, 6) is 0.758. The first-order valence-corrected chi connectivity index (χ1v) is 10.8. The molecule has 0 radical (unpaired) electrons. The number of hydrogen-bond acceptors (Lipinski definition) is 4. The van der Waals surface area contributed by atoms with Crippen LogP contribution in [0.3, 0.4) is 0 Å². The van der Waals surface area contributed by atoms with Crippen LogP contribution in [-0.2, 0) is 23.0 Å². The summed E-state index contributed by atoms with van der Waals surface area (Å²) in [5, 5.41) is 10.7. The largest absolute Gasteiger partial charge is 0.497 e. The molecule has 0 aliphatic heterocycles. The van der Waals surface area contributed by atoms with Crippen LogP contribution in [0.5, 0.6) is 5.75 Å². The molecule has 146 valence electrons. The minimum absolute atomic E-state index is 0.0156. The number of methoxy groups -OCH3 is 1. The minimum Gasteiger partial charge on any atom is -0.497 e. The van der Waals surface area contributed by atoms with Crippen LogP contribution in [0.2, 0.25) is 0 Å². The van der Waals surface area contributed by atoms with Gasteiger partial charge in [-0.1, -0.05) is 12.1 Å². The Hall–Kier alpha value is -2.98. The molecular weight excluding hydrogens is 374 g/mol. The number of nitrogens with zero attached hydrogens (tertiary/aromatic N) is 2. The van der Waals surface area contributed by atoms with Crippen LogP contribution in [0, 0.1) is 11.3 Å². The first-order chi connectivity index (χ1) is 13.4. The van der Waals surface area contributed by atoms with Crippen molar-refractivity contribution in [2.75, 3.05) is 17.6 Å². The molecule has 0 spiro atoms. The monoisotopic (exact) mass is 397 g/mol. The molecule has 3 rings (SSSR count). The Morgan fingerprint density at radius 1 is 1.18 bits per heavy atom. The smallest absolute Gasteiger partial charge is 0.232 e.